The summed E-state index contributed by atoms with van der Waals surface area (Å²) in [7, 11) is 0. The van der Waals surface area contributed by atoms with Crippen molar-refractivity contribution in [2.45, 2.75) is 25.5 Å². The molecule has 3 heteroatoms. The van der Waals surface area contributed by atoms with E-state index in [4.69, 9.17) is 10.5 Å². The first-order chi connectivity index (χ1) is 3.70. The highest BCUT2D eigenvalue weighted by molar-refractivity contribution is 5.72. The summed E-state index contributed by atoms with van der Waals surface area (Å²) < 4.78 is 4.71. The molecule has 1 heterocycles. The van der Waals surface area contributed by atoms with Gasteiger partial charge in [0.1, 0.15) is 6.10 Å². The summed E-state index contributed by atoms with van der Waals surface area (Å²) in [5, 5.41) is 0. The average Bonchev–Trinajstić information content (AvgIpc) is 1.85. The van der Waals surface area contributed by atoms with Gasteiger partial charge in [-0.2, -0.15) is 0 Å². The third-order valence-corrected chi connectivity index (χ3v) is 1.32. The van der Waals surface area contributed by atoms with Crippen molar-refractivity contribution in [1.82, 2.24) is 0 Å². The molecule has 1 fully saturated rings. The number of ether oxygens (including phenoxy) is 1. The van der Waals surface area contributed by atoms with Gasteiger partial charge in [-0.15, -0.1) is 0 Å². The van der Waals surface area contributed by atoms with Gasteiger partial charge in [-0.25, -0.2) is 0 Å². The summed E-state index contributed by atoms with van der Waals surface area (Å²) in [4.78, 5) is 10.4. The molecule has 1 unspecified atom stereocenters. The van der Waals surface area contributed by atoms with Gasteiger partial charge >= 0.3 is 5.97 Å². The van der Waals surface area contributed by atoms with Crippen molar-refractivity contribution in [3.63, 3.8) is 0 Å². The molecule has 1 saturated heterocycles. The number of cyclic esters (lactones) is 1. The van der Waals surface area contributed by atoms with Crippen LogP contribution in [0.25, 0.3) is 0 Å². The Morgan fingerprint density at radius 2 is 2.50 bits per heavy atom. The Morgan fingerprint density at radius 1 is 1.88 bits per heavy atom. The molecule has 0 aromatic heterocycles. The van der Waals surface area contributed by atoms with Gasteiger partial charge in [0.05, 0.1) is 12.5 Å². The van der Waals surface area contributed by atoms with Crippen LogP contribution < -0.4 is 5.73 Å². The second-order valence-corrected chi connectivity index (χ2v) is 2.06. The maximum Gasteiger partial charge on any atom is 0.307 e. The Balaban J connectivity index is 2.51. The maximum atomic E-state index is 10.4. The minimum absolute atomic E-state index is 0.0810. The average molecular weight is 115 g/mol. The van der Waals surface area contributed by atoms with Crippen LogP contribution in [0.3, 0.4) is 0 Å². The van der Waals surface area contributed by atoms with Crippen LogP contribution in [0.2, 0.25) is 0 Å². The summed E-state index contributed by atoms with van der Waals surface area (Å²) in [6.45, 7) is 1.80. The molecule has 3 nitrogen and oxygen atoms in total. The van der Waals surface area contributed by atoms with Crippen LogP contribution in [0.4, 0.5) is 0 Å². The van der Waals surface area contributed by atoms with E-state index in [1.165, 1.54) is 0 Å². The summed E-state index contributed by atoms with van der Waals surface area (Å²) in [5.74, 6) is -0.176. The molecule has 0 bridgehead atoms. The van der Waals surface area contributed by atoms with Crippen LogP contribution in [-0.2, 0) is 9.53 Å². The third kappa shape index (κ3) is 0.816. The predicted molar refractivity (Wildman–Crippen MR) is 28.1 cm³/mol. The molecule has 46 valence electrons. The van der Waals surface area contributed by atoms with Crippen LogP contribution >= 0.6 is 0 Å². The number of rotatable bonds is 0. The van der Waals surface area contributed by atoms with Crippen molar-refractivity contribution in [3.05, 3.63) is 0 Å². The van der Waals surface area contributed by atoms with E-state index in [0.29, 0.717) is 6.42 Å². The van der Waals surface area contributed by atoms with E-state index in [9.17, 15) is 4.79 Å². The Bertz CT molecular complexity index is 101. The molecular formula is C5H9NO2. The quantitative estimate of drug-likeness (QED) is 0.439. The maximum absolute atomic E-state index is 10.4. The molecule has 2 N–H and O–H groups in total. The van der Waals surface area contributed by atoms with Crippen molar-refractivity contribution in [2.24, 2.45) is 5.73 Å². The van der Waals surface area contributed by atoms with Gasteiger partial charge < -0.3 is 10.5 Å². The number of carbonyl (C=O) groups excluding carboxylic acids is 1. The Hall–Kier alpha value is -0.570. The minimum Gasteiger partial charge on any atom is -0.461 e. The van der Waals surface area contributed by atoms with Crippen molar-refractivity contribution in [3.8, 4) is 0 Å². The SMILES string of the molecule is C[C@H]1OC(=O)CC1N. The Labute approximate surface area is 47.8 Å². The molecule has 1 rings (SSSR count). The van der Waals surface area contributed by atoms with E-state index in [1.54, 1.807) is 6.92 Å². The number of hydrogen-bond donors (Lipinski definition) is 1. The van der Waals surface area contributed by atoms with E-state index in [0.717, 1.165) is 0 Å². The number of hydrogen-bond acceptors (Lipinski definition) is 3. The summed E-state index contributed by atoms with van der Waals surface area (Å²) >= 11 is 0. The smallest absolute Gasteiger partial charge is 0.307 e. The topological polar surface area (TPSA) is 52.3 Å². The molecule has 2 atom stereocenters. The molecule has 0 radical (unpaired) electrons. The van der Waals surface area contributed by atoms with Gasteiger partial charge in [0.25, 0.3) is 0 Å². The highest BCUT2D eigenvalue weighted by atomic mass is 16.5. The summed E-state index contributed by atoms with van der Waals surface area (Å²) in [5.41, 5.74) is 5.42. The molecule has 0 aromatic carbocycles. The second kappa shape index (κ2) is 1.74. The molecular weight excluding hydrogens is 106 g/mol. The zero-order valence-electron chi connectivity index (χ0n) is 4.76. The monoisotopic (exact) mass is 115 g/mol. The van der Waals surface area contributed by atoms with Gasteiger partial charge in [-0.3, -0.25) is 4.79 Å². The van der Waals surface area contributed by atoms with Crippen LogP contribution in [-0.4, -0.2) is 18.1 Å². The minimum atomic E-state index is -0.176. The van der Waals surface area contributed by atoms with Gasteiger partial charge in [-0.1, -0.05) is 0 Å². The van der Waals surface area contributed by atoms with Crippen molar-refractivity contribution < 1.29 is 9.53 Å². The van der Waals surface area contributed by atoms with Crippen LogP contribution in [0.5, 0.6) is 0 Å². The Kier molecular flexibility index (Phi) is 1.21. The lowest BCUT2D eigenvalue weighted by Gasteiger charge is -2.03. The molecule has 0 saturated carbocycles. The molecule has 8 heavy (non-hydrogen) atoms. The fourth-order valence-electron chi connectivity index (χ4n) is 0.701. The summed E-state index contributed by atoms with van der Waals surface area (Å²) in [6.07, 6.45) is 0.295. The second-order valence-electron chi connectivity index (χ2n) is 2.06. The van der Waals surface area contributed by atoms with Gasteiger partial charge in [0.2, 0.25) is 0 Å². The van der Waals surface area contributed by atoms with E-state index in [2.05, 4.69) is 0 Å². The van der Waals surface area contributed by atoms with Crippen molar-refractivity contribution in [2.75, 3.05) is 0 Å². The molecule has 0 aliphatic carbocycles. The van der Waals surface area contributed by atoms with Gasteiger partial charge in [0, 0.05) is 0 Å². The highest BCUT2D eigenvalue weighted by Gasteiger charge is 2.27. The van der Waals surface area contributed by atoms with Crippen molar-refractivity contribution >= 4 is 5.97 Å². The fourth-order valence-corrected chi connectivity index (χ4v) is 0.701. The van der Waals surface area contributed by atoms with E-state index < -0.39 is 0 Å². The van der Waals surface area contributed by atoms with Crippen LogP contribution in [0.15, 0.2) is 0 Å². The lowest BCUT2D eigenvalue weighted by atomic mass is 10.2. The van der Waals surface area contributed by atoms with E-state index >= 15 is 0 Å². The lowest BCUT2D eigenvalue weighted by molar-refractivity contribution is -0.140. The fraction of sp³-hybridized carbons (Fsp3) is 0.800. The third-order valence-electron chi connectivity index (χ3n) is 1.32. The first-order valence-electron chi connectivity index (χ1n) is 2.65. The van der Waals surface area contributed by atoms with E-state index in [1.807, 2.05) is 0 Å². The van der Waals surface area contributed by atoms with E-state index in [-0.39, 0.29) is 18.1 Å². The zero-order valence-corrected chi connectivity index (χ0v) is 4.76. The van der Waals surface area contributed by atoms with Gasteiger partial charge in [0.15, 0.2) is 0 Å². The standard InChI is InChI=1S/C5H9NO2/c1-3-4(6)2-5(7)8-3/h3-4H,2,6H2,1H3/t3-,4?/m1/s1. The first kappa shape index (κ1) is 5.56. The number of esters is 1. The van der Waals surface area contributed by atoms with Crippen molar-refractivity contribution in [1.29, 1.82) is 0 Å². The zero-order chi connectivity index (χ0) is 6.15. The molecule has 1 aliphatic heterocycles. The normalized spacial score (nSPS) is 37.5. The molecule has 1 aliphatic rings. The summed E-state index contributed by atoms with van der Waals surface area (Å²) in [6, 6.07) is -0.0810. The molecule has 0 aromatic rings. The predicted octanol–water partition coefficient (Wildman–Crippen LogP) is -0.351. The first-order valence-corrected chi connectivity index (χ1v) is 2.65. The van der Waals surface area contributed by atoms with Crippen LogP contribution in [0, 0.1) is 0 Å². The highest BCUT2D eigenvalue weighted by Crippen LogP contribution is 2.10. The van der Waals surface area contributed by atoms with Gasteiger partial charge in [-0.05, 0) is 6.92 Å². The number of carbonyl (C=O) groups is 1. The van der Waals surface area contributed by atoms with Crippen LogP contribution in [0.1, 0.15) is 13.3 Å². The number of nitrogens with two attached hydrogens (primary N) is 1. The lowest BCUT2D eigenvalue weighted by Crippen LogP contribution is -2.26. The largest absolute Gasteiger partial charge is 0.461 e. The Morgan fingerprint density at radius 3 is 2.62 bits per heavy atom. The molecule has 0 spiro atoms. The molecule has 0 amide bonds.